The number of fused-ring (bicyclic) bond motifs is 1. The molecule has 0 fully saturated rings. The van der Waals surface area contributed by atoms with Crippen molar-refractivity contribution < 1.29 is 14.3 Å². The molecule has 1 aliphatic carbocycles. The van der Waals surface area contributed by atoms with Crippen molar-refractivity contribution >= 4 is 27.7 Å². The fourth-order valence-electron chi connectivity index (χ4n) is 3.84. The van der Waals surface area contributed by atoms with Gasteiger partial charge in [0.2, 0.25) is 0 Å². The summed E-state index contributed by atoms with van der Waals surface area (Å²) in [5, 5.41) is 5.73. The van der Waals surface area contributed by atoms with E-state index in [-0.39, 0.29) is 17.9 Å². The van der Waals surface area contributed by atoms with Crippen LogP contribution in [0.2, 0.25) is 0 Å². The van der Waals surface area contributed by atoms with E-state index in [2.05, 4.69) is 37.6 Å². The van der Waals surface area contributed by atoms with Crippen LogP contribution < -0.4 is 15.4 Å². The first kappa shape index (κ1) is 22.0. The number of nitrogens with zero attached hydrogens (tertiary/aromatic N) is 1. The standard InChI is InChI=1S/C25H24BrN3O3/c1-15-11-17(5-8-22(15)26)24(30)29-19-6-3-16-4-7-20(13-18(16)12-19)32-21-9-10-28-23(14-21)25(31)27-2/h4-5,7-11,13-14,19H,3,6,12H2,1-2H3,(H,27,31)(H,29,30). The highest BCUT2D eigenvalue weighted by molar-refractivity contribution is 9.10. The summed E-state index contributed by atoms with van der Waals surface area (Å²) in [6.07, 6.45) is 4.09. The molecule has 0 saturated carbocycles. The molecule has 7 heteroatoms. The number of carbonyl (C=O) groups excluding carboxylic acids is 2. The lowest BCUT2D eigenvalue weighted by Crippen LogP contribution is -2.38. The van der Waals surface area contributed by atoms with E-state index in [1.165, 1.54) is 5.56 Å². The Hall–Kier alpha value is -3.19. The van der Waals surface area contributed by atoms with E-state index in [1.54, 1.807) is 25.4 Å². The average Bonchev–Trinajstić information content (AvgIpc) is 2.80. The van der Waals surface area contributed by atoms with Crippen molar-refractivity contribution in [2.45, 2.75) is 32.2 Å². The number of aromatic nitrogens is 1. The Labute approximate surface area is 195 Å². The SMILES string of the molecule is CNC(=O)c1cc(Oc2ccc3c(c2)CC(NC(=O)c2ccc(Br)c(C)c2)CC3)ccn1. The predicted molar refractivity (Wildman–Crippen MR) is 126 cm³/mol. The number of hydrogen-bond acceptors (Lipinski definition) is 4. The van der Waals surface area contributed by atoms with Crippen LogP contribution in [0.25, 0.3) is 0 Å². The summed E-state index contributed by atoms with van der Waals surface area (Å²) >= 11 is 3.47. The first-order chi connectivity index (χ1) is 15.4. The Morgan fingerprint density at radius 3 is 2.62 bits per heavy atom. The third-order valence-electron chi connectivity index (χ3n) is 5.59. The van der Waals surface area contributed by atoms with Gasteiger partial charge in [-0.15, -0.1) is 0 Å². The minimum Gasteiger partial charge on any atom is -0.457 e. The van der Waals surface area contributed by atoms with Crippen LogP contribution in [0.4, 0.5) is 0 Å². The number of pyridine rings is 1. The van der Waals surface area contributed by atoms with Gasteiger partial charge in [-0.3, -0.25) is 14.6 Å². The van der Waals surface area contributed by atoms with Crippen LogP contribution in [0.1, 0.15) is 44.0 Å². The van der Waals surface area contributed by atoms with Crippen LogP contribution in [0, 0.1) is 6.92 Å². The minimum atomic E-state index is -0.263. The van der Waals surface area contributed by atoms with Crippen molar-refractivity contribution in [2.75, 3.05) is 7.05 Å². The Balaban J connectivity index is 1.45. The van der Waals surface area contributed by atoms with Crippen LogP contribution in [-0.2, 0) is 12.8 Å². The second-order valence-corrected chi connectivity index (χ2v) is 8.72. The Morgan fingerprint density at radius 2 is 1.84 bits per heavy atom. The molecule has 6 nitrogen and oxygen atoms in total. The molecule has 2 N–H and O–H groups in total. The molecule has 0 radical (unpaired) electrons. The second kappa shape index (κ2) is 9.53. The van der Waals surface area contributed by atoms with E-state index in [4.69, 9.17) is 4.74 Å². The van der Waals surface area contributed by atoms with Crippen molar-refractivity contribution in [3.8, 4) is 11.5 Å². The van der Waals surface area contributed by atoms with Crippen LogP contribution in [-0.4, -0.2) is 29.9 Å². The molecule has 0 bridgehead atoms. The molecule has 1 aromatic heterocycles. The van der Waals surface area contributed by atoms with E-state index in [0.29, 0.717) is 22.8 Å². The number of carbonyl (C=O) groups is 2. The predicted octanol–water partition coefficient (Wildman–Crippen LogP) is 4.59. The number of aryl methyl sites for hydroxylation is 2. The summed E-state index contributed by atoms with van der Waals surface area (Å²) in [6, 6.07) is 15.0. The molecule has 1 unspecified atom stereocenters. The number of rotatable bonds is 5. The van der Waals surface area contributed by atoms with E-state index < -0.39 is 0 Å². The van der Waals surface area contributed by atoms with Crippen molar-refractivity contribution in [1.29, 1.82) is 0 Å². The van der Waals surface area contributed by atoms with Gasteiger partial charge in [0.05, 0.1) is 0 Å². The molecule has 1 aliphatic rings. The highest BCUT2D eigenvalue weighted by Gasteiger charge is 2.21. The number of benzene rings is 2. The molecule has 2 aromatic carbocycles. The topological polar surface area (TPSA) is 80.3 Å². The van der Waals surface area contributed by atoms with E-state index >= 15 is 0 Å². The Morgan fingerprint density at radius 1 is 1.03 bits per heavy atom. The number of ether oxygens (including phenoxy) is 1. The molecule has 4 rings (SSSR count). The van der Waals surface area contributed by atoms with Crippen molar-refractivity contribution in [3.63, 3.8) is 0 Å². The van der Waals surface area contributed by atoms with E-state index in [9.17, 15) is 9.59 Å². The lowest BCUT2D eigenvalue weighted by atomic mass is 9.88. The number of amides is 2. The zero-order valence-corrected chi connectivity index (χ0v) is 19.5. The fourth-order valence-corrected chi connectivity index (χ4v) is 4.08. The van der Waals surface area contributed by atoms with Crippen LogP contribution in [0.3, 0.4) is 0 Å². The maximum Gasteiger partial charge on any atom is 0.269 e. The van der Waals surface area contributed by atoms with Gasteiger partial charge in [0.15, 0.2) is 0 Å². The number of hydrogen-bond donors (Lipinski definition) is 2. The van der Waals surface area contributed by atoms with Crippen LogP contribution >= 0.6 is 15.9 Å². The van der Waals surface area contributed by atoms with Gasteiger partial charge in [-0.25, -0.2) is 0 Å². The molecule has 3 aromatic rings. The summed E-state index contributed by atoms with van der Waals surface area (Å²) < 4.78 is 6.97. The lowest BCUT2D eigenvalue weighted by Gasteiger charge is -2.26. The third-order valence-corrected chi connectivity index (χ3v) is 6.48. The van der Waals surface area contributed by atoms with Gasteiger partial charge in [-0.2, -0.15) is 0 Å². The first-order valence-electron chi connectivity index (χ1n) is 10.5. The minimum absolute atomic E-state index is 0.0556. The van der Waals surface area contributed by atoms with Gasteiger partial charge in [-0.05, 0) is 79.3 Å². The van der Waals surface area contributed by atoms with Gasteiger partial charge in [0.1, 0.15) is 17.2 Å². The van der Waals surface area contributed by atoms with Crippen molar-refractivity contribution in [2.24, 2.45) is 0 Å². The third kappa shape index (κ3) is 4.99. The lowest BCUT2D eigenvalue weighted by molar-refractivity contribution is 0.0931. The van der Waals surface area contributed by atoms with Gasteiger partial charge in [0.25, 0.3) is 11.8 Å². The molecule has 1 atom stereocenters. The molecule has 0 aliphatic heterocycles. The second-order valence-electron chi connectivity index (χ2n) is 7.87. The van der Waals surface area contributed by atoms with Crippen LogP contribution in [0.15, 0.2) is 59.2 Å². The largest absolute Gasteiger partial charge is 0.457 e. The van der Waals surface area contributed by atoms with Gasteiger partial charge < -0.3 is 15.4 Å². The summed E-state index contributed by atoms with van der Waals surface area (Å²) in [7, 11) is 1.56. The van der Waals surface area contributed by atoms with Gasteiger partial charge in [-0.1, -0.05) is 22.0 Å². The normalized spacial score (nSPS) is 14.9. The molecule has 32 heavy (non-hydrogen) atoms. The first-order valence-corrected chi connectivity index (χ1v) is 11.3. The Bertz CT molecular complexity index is 1180. The van der Waals surface area contributed by atoms with E-state index in [0.717, 1.165) is 34.9 Å². The van der Waals surface area contributed by atoms with Gasteiger partial charge >= 0.3 is 0 Å². The summed E-state index contributed by atoms with van der Waals surface area (Å²) in [5.74, 6) is 0.915. The van der Waals surface area contributed by atoms with Crippen molar-refractivity contribution in [1.82, 2.24) is 15.6 Å². The zero-order chi connectivity index (χ0) is 22.7. The highest BCUT2D eigenvalue weighted by atomic mass is 79.9. The maximum atomic E-state index is 12.7. The summed E-state index contributed by atoms with van der Waals surface area (Å²) in [6.45, 7) is 1.97. The van der Waals surface area contributed by atoms with E-state index in [1.807, 2.05) is 37.3 Å². The average molecular weight is 494 g/mol. The molecule has 0 saturated heterocycles. The summed E-state index contributed by atoms with van der Waals surface area (Å²) in [4.78, 5) is 28.6. The molecule has 164 valence electrons. The molecular formula is C25H24BrN3O3. The molecule has 1 heterocycles. The highest BCUT2D eigenvalue weighted by Crippen LogP contribution is 2.29. The fraction of sp³-hybridized carbons (Fsp3) is 0.240. The Kier molecular flexibility index (Phi) is 6.55. The molecular weight excluding hydrogens is 470 g/mol. The molecule has 0 spiro atoms. The van der Waals surface area contributed by atoms with Gasteiger partial charge in [0, 0.05) is 35.4 Å². The smallest absolute Gasteiger partial charge is 0.269 e. The quantitative estimate of drug-likeness (QED) is 0.544. The van der Waals surface area contributed by atoms with Crippen LogP contribution in [0.5, 0.6) is 11.5 Å². The zero-order valence-electron chi connectivity index (χ0n) is 17.9. The number of halogens is 1. The number of nitrogens with one attached hydrogen (secondary N) is 2. The maximum absolute atomic E-state index is 12.7. The monoisotopic (exact) mass is 493 g/mol. The van der Waals surface area contributed by atoms with Crippen molar-refractivity contribution in [3.05, 3.63) is 87.1 Å². The summed E-state index contributed by atoms with van der Waals surface area (Å²) in [5.41, 5.74) is 4.42. The molecule has 2 amide bonds.